The molecule has 2 aliphatic carbocycles. The van der Waals surface area contributed by atoms with E-state index in [1.54, 1.807) is 21.0 Å². The van der Waals surface area contributed by atoms with Gasteiger partial charge in [-0.2, -0.15) is 0 Å². The SMILES string of the molecule is CCOC(=O)C[C@H](C)[C@H](C(=O)N(C)C)N(C(=O)OCc1ccccc1)[C@H]1CCC[C@]2(C[C@H]3CC[C@]2(C)C3(C)C)O1. The molecular weight excluding hydrogens is 508 g/mol. The molecule has 8 heteroatoms. The fourth-order valence-corrected chi connectivity index (χ4v) is 7.78. The van der Waals surface area contributed by atoms with E-state index in [0.29, 0.717) is 12.3 Å². The number of carbonyl (C=O) groups is 3. The Morgan fingerprint density at radius 2 is 1.75 bits per heavy atom. The Morgan fingerprint density at radius 1 is 1.05 bits per heavy atom. The maximum Gasteiger partial charge on any atom is 0.412 e. The van der Waals surface area contributed by atoms with Crippen molar-refractivity contribution in [3.63, 3.8) is 0 Å². The van der Waals surface area contributed by atoms with E-state index in [4.69, 9.17) is 14.2 Å². The van der Waals surface area contributed by atoms with Crippen LogP contribution in [0.15, 0.2) is 30.3 Å². The number of nitrogens with zero attached hydrogens (tertiary/aromatic N) is 2. The Morgan fingerprint density at radius 3 is 2.33 bits per heavy atom. The molecule has 0 aromatic heterocycles. The van der Waals surface area contributed by atoms with Crippen LogP contribution >= 0.6 is 0 Å². The van der Waals surface area contributed by atoms with Crippen LogP contribution in [0.5, 0.6) is 0 Å². The smallest absolute Gasteiger partial charge is 0.412 e. The van der Waals surface area contributed by atoms with Gasteiger partial charge in [-0.05, 0) is 68.3 Å². The molecule has 8 nitrogen and oxygen atoms in total. The molecule has 3 fully saturated rings. The normalized spacial score (nSPS) is 30.0. The van der Waals surface area contributed by atoms with Gasteiger partial charge in [-0.3, -0.25) is 14.5 Å². The fourth-order valence-electron chi connectivity index (χ4n) is 7.78. The van der Waals surface area contributed by atoms with Gasteiger partial charge in [0.2, 0.25) is 5.91 Å². The molecule has 1 saturated heterocycles. The lowest BCUT2D eigenvalue weighted by molar-refractivity contribution is -0.236. The van der Waals surface area contributed by atoms with Crippen LogP contribution < -0.4 is 0 Å². The summed E-state index contributed by atoms with van der Waals surface area (Å²) in [7, 11) is 3.34. The average Bonchev–Trinajstić information content (AvgIpc) is 3.22. The van der Waals surface area contributed by atoms with E-state index in [1.807, 2.05) is 37.3 Å². The summed E-state index contributed by atoms with van der Waals surface area (Å²) >= 11 is 0. The van der Waals surface area contributed by atoms with Crippen molar-refractivity contribution in [3.8, 4) is 0 Å². The number of ether oxygens (including phenoxy) is 3. The van der Waals surface area contributed by atoms with Crippen molar-refractivity contribution in [3.05, 3.63) is 35.9 Å². The fraction of sp³-hybridized carbons (Fsp3) is 0.719. The van der Waals surface area contributed by atoms with Crippen LogP contribution in [0.4, 0.5) is 4.79 Å². The minimum Gasteiger partial charge on any atom is -0.466 e. The summed E-state index contributed by atoms with van der Waals surface area (Å²) < 4.78 is 18.2. The number of carbonyl (C=O) groups excluding carboxylic acids is 3. The molecule has 222 valence electrons. The van der Waals surface area contributed by atoms with Crippen LogP contribution in [0.2, 0.25) is 0 Å². The summed E-state index contributed by atoms with van der Waals surface area (Å²) in [5, 5.41) is 0. The number of hydrogen-bond acceptors (Lipinski definition) is 6. The van der Waals surface area contributed by atoms with E-state index in [-0.39, 0.29) is 42.0 Å². The first-order valence-electron chi connectivity index (χ1n) is 14.9. The van der Waals surface area contributed by atoms with Gasteiger partial charge >= 0.3 is 12.1 Å². The van der Waals surface area contributed by atoms with E-state index in [2.05, 4.69) is 20.8 Å². The second-order valence-corrected chi connectivity index (χ2v) is 13.1. The number of hydrogen-bond donors (Lipinski definition) is 0. The van der Waals surface area contributed by atoms with Gasteiger partial charge < -0.3 is 19.1 Å². The average molecular weight is 557 g/mol. The summed E-state index contributed by atoms with van der Waals surface area (Å²) in [6.45, 7) is 11.0. The molecule has 1 aromatic rings. The molecule has 1 spiro atoms. The molecular formula is C32H48N2O6. The third kappa shape index (κ3) is 5.36. The van der Waals surface area contributed by atoms with Crippen LogP contribution in [-0.4, -0.2) is 66.3 Å². The molecule has 6 atom stereocenters. The Balaban J connectivity index is 1.69. The number of fused-ring (bicyclic) bond motifs is 3. The van der Waals surface area contributed by atoms with E-state index < -0.39 is 30.3 Å². The second kappa shape index (κ2) is 11.7. The minimum absolute atomic E-state index is 0.00519. The van der Waals surface area contributed by atoms with Crippen molar-refractivity contribution in [1.29, 1.82) is 0 Å². The van der Waals surface area contributed by atoms with Gasteiger partial charge in [0.15, 0.2) is 0 Å². The summed E-state index contributed by atoms with van der Waals surface area (Å²) in [4.78, 5) is 43.3. The standard InChI is InChI=1S/C32H48N2O6/c1-8-38-26(35)19-22(2)27(28(36)33(6)7)34(29(37)39-21-23-13-10-9-11-14-23)25-15-12-17-32(40-25)20-24-16-18-31(32,5)30(24,3)4/h9-11,13-14,22,24-25,27H,8,12,15-21H2,1-7H3/t22-,24+,25+,27+,31+,32+/m0/s1. The first kappa shape index (κ1) is 30.4. The highest BCUT2D eigenvalue weighted by Gasteiger charge is 2.70. The molecule has 0 N–H and O–H groups in total. The predicted octanol–water partition coefficient (Wildman–Crippen LogP) is 5.78. The van der Waals surface area contributed by atoms with E-state index >= 15 is 0 Å². The van der Waals surface area contributed by atoms with Crippen molar-refractivity contribution >= 4 is 18.0 Å². The van der Waals surface area contributed by atoms with Crippen molar-refractivity contribution < 1.29 is 28.6 Å². The van der Waals surface area contributed by atoms with Gasteiger partial charge in [0, 0.05) is 19.5 Å². The van der Waals surface area contributed by atoms with Gasteiger partial charge in [0.05, 0.1) is 18.6 Å². The van der Waals surface area contributed by atoms with Gasteiger partial charge in [-0.1, -0.05) is 58.0 Å². The molecule has 0 unspecified atom stereocenters. The Hall–Kier alpha value is -2.61. The lowest BCUT2D eigenvalue weighted by Crippen LogP contribution is -2.62. The largest absolute Gasteiger partial charge is 0.466 e. The highest BCUT2D eigenvalue weighted by Crippen LogP contribution is 2.72. The molecule has 3 aliphatic rings. The van der Waals surface area contributed by atoms with Crippen molar-refractivity contribution in [2.75, 3.05) is 20.7 Å². The number of esters is 1. The van der Waals surface area contributed by atoms with E-state index in [0.717, 1.165) is 31.2 Å². The molecule has 2 amide bonds. The maximum absolute atomic E-state index is 14.0. The number of amides is 2. The highest BCUT2D eigenvalue weighted by molar-refractivity contribution is 5.86. The number of rotatable bonds is 9. The van der Waals surface area contributed by atoms with Crippen molar-refractivity contribution in [2.45, 2.75) is 104 Å². The molecule has 40 heavy (non-hydrogen) atoms. The molecule has 1 aliphatic heterocycles. The van der Waals surface area contributed by atoms with Crippen LogP contribution in [0.1, 0.15) is 85.1 Å². The first-order valence-corrected chi connectivity index (χ1v) is 14.9. The van der Waals surface area contributed by atoms with Gasteiger partial charge in [-0.25, -0.2) is 4.79 Å². The molecule has 0 radical (unpaired) electrons. The van der Waals surface area contributed by atoms with Gasteiger partial charge in [-0.15, -0.1) is 0 Å². The Kier molecular flexibility index (Phi) is 8.88. The second-order valence-electron chi connectivity index (χ2n) is 13.1. The number of benzene rings is 1. The van der Waals surface area contributed by atoms with E-state index in [1.165, 1.54) is 16.2 Å². The topological polar surface area (TPSA) is 85.4 Å². The summed E-state index contributed by atoms with van der Waals surface area (Å²) in [5.74, 6) is -0.604. The third-order valence-corrected chi connectivity index (χ3v) is 10.5. The molecule has 2 bridgehead atoms. The van der Waals surface area contributed by atoms with Crippen LogP contribution in [0, 0.1) is 22.7 Å². The molecule has 1 aromatic carbocycles. The molecule has 1 heterocycles. The monoisotopic (exact) mass is 556 g/mol. The zero-order valence-corrected chi connectivity index (χ0v) is 25.4. The lowest BCUT2D eigenvalue weighted by Gasteiger charge is -2.54. The zero-order chi connectivity index (χ0) is 29.3. The molecule has 4 rings (SSSR count). The quantitative estimate of drug-likeness (QED) is 0.358. The summed E-state index contributed by atoms with van der Waals surface area (Å²) in [5.41, 5.74) is 0.592. The van der Waals surface area contributed by atoms with Crippen molar-refractivity contribution in [1.82, 2.24) is 9.80 Å². The van der Waals surface area contributed by atoms with Gasteiger partial charge in [0.1, 0.15) is 18.9 Å². The zero-order valence-electron chi connectivity index (χ0n) is 25.4. The van der Waals surface area contributed by atoms with Crippen LogP contribution in [-0.2, 0) is 30.4 Å². The lowest BCUT2D eigenvalue weighted by atomic mass is 9.62. The van der Waals surface area contributed by atoms with Gasteiger partial charge in [0.25, 0.3) is 0 Å². The molecule has 2 saturated carbocycles. The summed E-state index contributed by atoms with van der Waals surface area (Å²) in [6, 6.07) is 8.55. The van der Waals surface area contributed by atoms with Crippen molar-refractivity contribution in [2.24, 2.45) is 22.7 Å². The maximum atomic E-state index is 14.0. The third-order valence-electron chi connectivity index (χ3n) is 10.5. The van der Waals surface area contributed by atoms with E-state index in [9.17, 15) is 14.4 Å². The van der Waals surface area contributed by atoms with Crippen LogP contribution in [0.3, 0.4) is 0 Å². The Labute approximate surface area is 239 Å². The summed E-state index contributed by atoms with van der Waals surface area (Å²) in [6.07, 6.45) is 4.45. The number of likely N-dealkylation sites (N-methyl/N-ethyl adjacent to an activating group) is 1. The minimum atomic E-state index is -0.942. The highest BCUT2D eigenvalue weighted by atomic mass is 16.6. The first-order chi connectivity index (χ1) is 18.9. The Bertz CT molecular complexity index is 1070. The van der Waals surface area contributed by atoms with Crippen LogP contribution in [0.25, 0.3) is 0 Å². The predicted molar refractivity (Wildman–Crippen MR) is 152 cm³/mol.